The third-order valence-corrected chi connectivity index (χ3v) is 7.45. The van der Waals surface area contributed by atoms with Crippen molar-refractivity contribution in [3.8, 4) is 40.1 Å². The maximum Gasteiger partial charge on any atom is 0.237 e. The van der Waals surface area contributed by atoms with Gasteiger partial charge < -0.3 is 18.6 Å². The molecule has 0 fully saturated rings. The fraction of sp³-hybridized carbons (Fsp3) is 0.219. The second-order valence-corrected chi connectivity index (χ2v) is 10.5. The van der Waals surface area contributed by atoms with Gasteiger partial charge in [-0.1, -0.05) is 24.3 Å². The molecule has 9 nitrogen and oxygen atoms in total. The van der Waals surface area contributed by atoms with Gasteiger partial charge in [-0.2, -0.15) is 5.26 Å². The molecule has 0 saturated carbocycles. The summed E-state index contributed by atoms with van der Waals surface area (Å²) in [5.74, 6) is 1.69. The molecule has 9 heteroatoms. The summed E-state index contributed by atoms with van der Waals surface area (Å²) in [5.41, 5.74) is 7.90. The van der Waals surface area contributed by atoms with Crippen molar-refractivity contribution in [2.75, 3.05) is 20.6 Å². The van der Waals surface area contributed by atoms with Gasteiger partial charge in [-0.3, -0.25) is 9.59 Å². The van der Waals surface area contributed by atoms with Crippen molar-refractivity contribution in [2.45, 2.75) is 26.9 Å². The van der Waals surface area contributed by atoms with Crippen LogP contribution in [-0.4, -0.2) is 52.6 Å². The highest BCUT2D eigenvalue weighted by Gasteiger charge is 2.29. The van der Waals surface area contributed by atoms with Crippen LogP contribution < -0.4 is 0 Å². The molecule has 0 radical (unpaired) electrons. The van der Waals surface area contributed by atoms with Crippen molar-refractivity contribution in [2.24, 2.45) is 0 Å². The van der Waals surface area contributed by atoms with E-state index < -0.39 is 0 Å². The first-order valence-electron chi connectivity index (χ1n) is 13.2. The van der Waals surface area contributed by atoms with Crippen molar-refractivity contribution < 1.29 is 18.4 Å². The van der Waals surface area contributed by atoms with Crippen LogP contribution in [-0.2, 0) is 17.9 Å². The lowest BCUT2D eigenvalue weighted by molar-refractivity contribution is -0.132. The van der Waals surface area contributed by atoms with E-state index in [0.717, 1.165) is 44.8 Å². The molecule has 204 valence electrons. The molecule has 1 aliphatic rings. The smallest absolute Gasteiger partial charge is 0.237 e. The molecule has 6 rings (SSSR count). The summed E-state index contributed by atoms with van der Waals surface area (Å²) < 4.78 is 12.2. The molecule has 0 bridgehead atoms. The third-order valence-electron chi connectivity index (χ3n) is 7.45. The van der Waals surface area contributed by atoms with Gasteiger partial charge in [0.1, 0.15) is 29.3 Å². The van der Waals surface area contributed by atoms with Gasteiger partial charge in [-0.15, -0.1) is 0 Å². The highest BCUT2D eigenvalue weighted by molar-refractivity contribution is 5.90. The number of benzene rings is 3. The number of rotatable bonds is 6. The molecular formula is C32H27N5O4. The van der Waals surface area contributed by atoms with Crippen LogP contribution in [0.2, 0.25) is 0 Å². The Morgan fingerprint density at radius 3 is 2.20 bits per heavy atom. The Morgan fingerprint density at radius 1 is 0.976 bits per heavy atom. The minimum Gasteiger partial charge on any atom is -0.439 e. The topological polar surface area (TPSA) is 116 Å². The zero-order valence-corrected chi connectivity index (χ0v) is 23.2. The van der Waals surface area contributed by atoms with Crippen LogP contribution in [0.5, 0.6) is 0 Å². The molecule has 3 aromatic carbocycles. The number of carbonyl (C=O) groups is 2. The Hall–Kier alpha value is -5.07. The molecule has 0 atom stereocenters. The third kappa shape index (κ3) is 4.58. The van der Waals surface area contributed by atoms with Crippen molar-refractivity contribution in [3.63, 3.8) is 0 Å². The molecular weight excluding hydrogens is 518 g/mol. The maximum absolute atomic E-state index is 12.5. The van der Waals surface area contributed by atoms with Crippen LogP contribution in [0, 0.1) is 25.2 Å². The van der Waals surface area contributed by atoms with E-state index in [1.807, 2.05) is 63.2 Å². The molecule has 0 unspecified atom stereocenters. The highest BCUT2D eigenvalue weighted by Crippen LogP contribution is 2.38. The Balaban J connectivity index is 1.35. The maximum atomic E-state index is 12.5. The van der Waals surface area contributed by atoms with Gasteiger partial charge in [0.2, 0.25) is 17.7 Å². The number of likely N-dealkylation sites (N-methyl/N-ethyl adjacent to an activating group) is 1. The number of oxazole rings is 2. The number of amides is 1. The fourth-order valence-corrected chi connectivity index (χ4v) is 5.34. The Labute approximate surface area is 236 Å². The van der Waals surface area contributed by atoms with Crippen LogP contribution in [0.3, 0.4) is 0 Å². The van der Waals surface area contributed by atoms with Crippen LogP contribution >= 0.6 is 0 Å². The van der Waals surface area contributed by atoms with E-state index in [4.69, 9.17) is 13.8 Å². The number of aldehydes is 1. The zero-order chi connectivity index (χ0) is 28.8. The average molecular weight is 546 g/mol. The molecule has 1 aliphatic heterocycles. The van der Waals surface area contributed by atoms with Crippen molar-refractivity contribution in [1.82, 2.24) is 19.8 Å². The molecule has 3 heterocycles. The van der Waals surface area contributed by atoms with E-state index in [9.17, 15) is 14.9 Å². The highest BCUT2D eigenvalue weighted by atomic mass is 16.4. The number of fused-ring (bicyclic) bond motifs is 2. The molecule has 1 amide bonds. The lowest BCUT2D eigenvalue weighted by atomic mass is 9.91. The molecule has 0 N–H and O–H groups in total. The van der Waals surface area contributed by atoms with Gasteiger partial charge in [0.15, 0.2) is 5.58 Å². The minimum atomic E-state index is 0.0465. The lowest BCUT2D eigenvalue weighted by Crippen LogP contribution is -2.34. The van der Waals surface area contributed by atoms with E-state index in [2.05, 4.69) is 17.1 Å². The van der Waals surface area contributed by atoms with Gasteiger partial charge in [0, 0.05) is 16.7 Å². The van der Waals surface area contributed by atoms with Crippen LogP contribution in [0.25, 0.3) is 45.1 Å². The summed E-state index contributed by atoms with van der Waals surface area (Å²) in [6, 6.07) is 17.1. The summed E-state index contributed by atoms with van der Waals surface area (Å²) >= 11 is 0. The number of hydrogen-bond donors (Lipinski definition) is 0. The van der Waals surface area contributed by atoms with Crippen molar-refractivity contribution in [3.05, 3.63) is 82.2 Å². The van der Waals surface area contributed by atoms with E-state index >= 15 is 0 Å². The second-order valence-electron chi connectivity index (χ2n) is 10.5. The monoisotopic (exact) mass is 545 g/mol. The van der Waals surface area contributed by atoms with Gasteiger partial charge in [-0.25, -0.2) is 9.97 Å². The Kier molecular flexibility index (Phi) is 6.48. The Morgan fingerprint density at radius 2 is 1.61 bits per heavy atom. The van der Waals surface area contributed by atoms with E-state index in [1.54, 1.807) is 11.0 Å². The quantitative estimate of drug-likeness (QED) is 0.256. The van der Waals surface area contributed by atoms with E-state index in [1.165, 1.54) is 6.07 Å². The normalized spacial score (nSPS) is 12.6. The molecule has 41 heavy (non-hydrogen) atoms. The zero-order valence-electron chi connectivity index (χ0n) is 23.2. The number of aromatic nitrogens is 2. The van der Waals surface area contributed by atoms with E-state index in [0.29, 0.717) is 54.4 Å². The first kappa shape index (κ1) is 26.2. The Bertz CT molecular complexity index is 1870. The summed E-state index contributed by atoms with van der Waals surface area (Å²) in [5, 5.41) is 9.55. The van der Waals surface area contributed by atoms with Crippen molar-refractivity contribution in [1.29, 1.82) is 5.26 Å². The molecule has 5 aromatic rings. The summed E-state index contributed by atoms with van der Waals surface area (Å²) in [7, 11) is 3.74. The lowest BCUT2D eigenvalue weighted by Gasteiger charge is -2.18. The van der Waals surface area contributed by atoms with Crippen molar-refractivity contribution >= 4 is 23.3 Å². The predicted molar refractivity (Wildman–Crippen MR) is 153 cm³/mol. The van der Waals surface area contributed by atoms with Crippen LogP contribution in [0.15, 0.2) is 57.4 Å². The summed E-state index contributed by atoms with van der Waals surface area (Å²) in [6.45, 7) is 5.25. The molecule has 0 aliphatic carbocycles. The number of carbonyl (C=O) groups excluding carboxylic acids is 2. The standard InChI is InChI=1S/C32H27N5O4/c1-18-22(7-5-9-24(18)31-35-27-14-37(15-28(27)40-31)29(39)16-36(3)4)23-8-6-10-25(19(23)2)32-34-26-12-20(17-38)11-21(13-33)30(26)41-32/h5-12,17H,14-16H2,1-4H3. The molecule has 0 spiro atoms. The van der Waals surface area contributed by atoms with Gasteiger partial charge >= 0.3 is 0 Å². The fourth-order valence-electron chi connectivity index (χ4n) is 5.34. The van der Waals surface area contributed by atoms with Gasteiger partial charge in [0.25, 0.3) is 0 Å². The molecule has 2 aromatic heterocycles. The van der Waals surface area contributed by atoms with Crippen LogP contribution in [0.4, 0.5) is 0 Å². The summed E-state index contributed by atoms with van der Waals surface area (Å²) in [6.07, 6.45) is 0.694. The average Bonchev–Trinajstić information content (AvgIpc) is 3.66. The largest absolute Gasteiger partial charge is 0.439 e. The first-order chi connectivity index (χ1) is 19.8. The molecule has 0 saturated heterocycles. The van der Waals surface area contributed by atoms with E-state index in [-0.39, 0.29) is 11.5 Å². The summed E-state index contributed by atoms with van der Waals surface area (Å²) in [4.78, 5) is 36.8. The minimum absolute atomic E-state index is 0.0465. The number of nitrogens with zero attached hydrogens (tertiary/aromatic N) is 5. The number of hydrogen-bond acceptors (Lipinski definition) is 8. The number of nitriles is 1. The van der Waals surface area contributed by atoms with Gasteiger partial charge in [0.05, 0.1) is 25.2 Å². The van der Waals surface area contributed by atoms with Gasteiger partial charge in [-0.05, 0) is 74.5 Å². The van der Waals surface area contributed by atoms with Crippen LogP contribution in [0.1, 0.15) is 38.5 Å². The first-order valence-corrected chi connectivity index (χ1v) is 13.2. The second kappa shape index (κ2) is 10.2. The predicted octanol–water partition coefficient (Wildman–Crippen LogP) is 5.52. The SMILES string of the molecule is Cc1c(-c2nc3c(o2)CN(C(=O)CN(C)C)C3)cccc1-c1cccc(-c2nc3cc(C=O)cc(C#N)c3o2)c1C.